The van der Waals surface area contributed by atoms with Gasteiger partial charge in [-0.15, -0.1) is 0 Å². The fourth-order valence-electron chi connectivity index (χ4n) is 3.47. The van der Waals surface area contributed by atoms with Gasteiger partial charge in [-0.05, 0) is 31.0 Å². The van der Waals surface area contributed by atoms with Crippen LogP contribution in [0, 0.1) is 6.92 Å². The number of imidazole rings is 1. The van der Waals surface area contributed by atoms with Crippen LogP contribution in [0.3, 0.4) is 0 Å². The first-order valence-corrected chi connectivity index (χ1v) is 8.55. The number of rotatable bonds is 4. The van der Waals surface area contributed by atoms with Crippen LogP contribution in [0.5, 0.6) is 0 Å². The highest BCUT2D eigenvalue weighted by Gasteiger charge is 2.31. The normalized spacial score (nSPS) is 20.8. The maximum Gasteiger partial charge on any atom is 0.220 e. The molecule has 130 valence electrons. The Morgan fingerprint density at radius 3 is 3.00 bits per heavy atom. The number of aromatic nitrogens is 4. The van der Waals surface area contributed by atoms with Crippen molar-refractivity contribution in [2.45, 2.75) is 38.4 Å². The van der Waals surface area contributed by atoms with Gasteiger partial charge in [0.05, 0.1) is 17.4 Å². The van der Waals surface area contributed by atoms with Gasteiger partial charge in [0.1, 0.15) is 5.65 Å². The Morgan fingerprint density at radius 1 is 1.32 bits per heavy atom. The summed E-state index contributed by atoms with van der Waals surface area (Å²) in [7, 11) is 1.90. The standard InChI is InChI=1S/C18H22N6O/c1-12-3-5-16-21-13(11-24(16)10-12)9-19-14-4-6-17(25)22-18(14)15-7-8-20-23(15)2/h3,5,7-8,10-11,14,18-19H,4,6,9H2,1-2H3,(H,22,25)/t14-,18-/m1/s1. The Bertz CT molecular complexity index is 911. The molecule has 4 rings (SSSR count). The molecule has 1 amide bonds. The monoisotopic (exact) mass is 338 g/mol. The number of amides is 1. The fourth-order valence-corrected chi connectivity index (χ4v) is 3.47. The quantitative estimate of drug-likeness (QED) is 0.756. The van der Waals surface area contributed by atoms with Crippen molar-refractivity contribution in [3.63, 3.8) is 0 Å². The van der Waals surface area contributed by atoms with Crippen LogP contribution in [0.1, 0.15) is 35.8 Å². The summed E-state index contributed by atoms with van der Waals surface area (Å²) in [6, 6.07) is 6.12. The number of aryl methyl sites for hydroxylation is 2. The third-order valence-corrected chi connectivity index (χ3v) is 4.77. The van der Waals surface area contributed by atoms with Crippen molar-refractivity contribution in [2.75, 3.05) is 0 Å². The summed E-state index contributed by atoms with van der Waals surface area (Å²) >= 11 is 0. The molecule has 4 heterocycles. The van der Waals surface area contributed by atoms with Gasteiger partial charge < -0.3 is 15.0 Å². The molecule has 1 aliphatic heterocycles. The zero-order chi connectivity index (χ0) is 17.4. The van der Waals surface area contributed by atoms with Gasteiger partial charge in [-0.3, -0.25) is 9.48 Å². The molecule has 2 N–H and O–H groups in total. The predicted molar refractivity (Wildman–Crippen MR) is 93.9 cm³/mol. The Labute approximate surface area is 146 Å². The van der Waals surface area contributed by atoms with E-state index in [0.29, 0.717) is 13.0 Å². The minimum atomic E-state index is -0.0759. The second kappa shape index (κ2) is 6.33. The third-order valence-electron chi connectivity index (χ3n) is 4.77. The van der Waals surface area contributed by atoms with Crippen molar-refractivity contribution in [1.29, 1.82) is 0 Å². The van der Waals surface area contributed by atoms with Gasteiger partial charge in [-0.2, -0.15) is 5.10 Å². The molecule has 0 unspecified atom stereocenters. The molecule has 7 nitrogen and oxygen atoms in total. The van der Waals surface area contributed by atoms with E-state index in [-0.39, 0.29) is 18.0 Å². The molecule has 0 spiro atoms. The molecule has 1 aliphatic rings. The summed E-state index contributed by atoms with van der Waals surface area (Å²) in [6.45, 7) is 2.73. The number of fused-ring (bicyclic) bond motifs is 1. The molecule has 1 fully saturated rings. The summed E-state index contributed by atoms with van der Waals surface area (Å²) in [5, 5.41) is 10.9. The summed E-state index contributed by atoms with van der Waals surface area (Å²) in [5.41, 5.74) is 4.15. The van der Waals surface area contributed by atoms with Crippen LogP contribution in [0.25, 0.3) is 5.65 Å². The number of hydrogen-bond acceptors (Lipinski definition) is 4. The summed E-state index contributed by atoms with van der Waals surface area (Å²) in [6.07, 6.45) is 7.23. The first kappa shape index (κ1) is 15.8. The highest BCUT2D eigenvalue weighted by atomic mass is 16.1. The summed E-state index contributed by atoms with van der Waals surface area (Å²) < 4.78 is 3.87. The molecule has 3 aromatic heterocycles. The minimum absolute atomic E-state index is 0.0759. The molecule has 25 heavy (non-hydrogen) atoms. The van der Waals surface area contributed by atoms with Crippen molar-refractivity contribution in [3.05, 3.63) is 53.7 Å². The van der Waals surface area contributed by atoms with Gasteiger partial charge in [0, 0.05) is 44.6 Å². The van der Waals surface area contributed by atoms with Crippen LogP contribution in [-0.2, 0) is 18.4 Å². The average molecular weight is 338 g/mol. The van der Waals surface area contributed by atoms with E-state index in [1.807, 2.05) is 28.3 Å². The van der Waals surface area contributed by atoms with E-state index in [9.17, 15) is 4.79 Å². The Hall–Kier alpha value is -2.67. The zero-order valence-electron chi connectivity index (χ0n) is 14.4. The summed E-state index contributed by atoms with van der Waals surface area (Å²) in [5.74, 6) is 0.0902. The van der Waals surface area contributed by atoms with Crippen LogP contribution < -0.4 is 10.6 Å². The highest BCUT2D eigenvalue weighted by Crippen LogP contribution is 2.24. The maximum atomic E-state index is 11.9. The van der Waals surface area contributed by atoms with E-state index in [2.05, 4.69) is 46.1 Å². The number of pyridine rings is 1. The first-order valence-electron chi connectivity index (χ1n) is 8.55. The Morgan fingerprint density at radius 2 is 2.20 bits per heavy atom. The lowest BCUT2D eigenvalue weighted by Gasteiger charge is -2.32. The third kappa shape index (κ3) is 3.15. The Kier molecular flexibility index (Phi) is 4.01. The number of carbonyl (C=O) groups excluding carboxylic acids is 1. The molecular formula is C18H22N6O. The minimum Gasteiger partial charge on any atom is -0.346 e. The molecule has 0 aromatic carbocycles. The first-order chi connectivity index (χ1) is 12.1. The fraction of sp³-hybridized carbons (Fsp3) is 0.389. The molecule has 3 aromatic rings. The van der Waals surface area contributed by atoms with Crippen LogP contribution in [0.4, 0.5) is 0 Å². The largest absolute Gasteiger partial charge is 0.346 e. The van der Waals surface area contributed by atoms with E-state index in [0.717, 1.165) is 23.5 Å². The number of carbonyl (C=O) groups is 1. The molecule has 0 saturated carbocycles. The number of nitrogens with one attached hydrogen (secondary N) is 2. The molecule has 0 aliphatic carbocycles. The lowest BCUT2D eigenvalue weighted by molar-refractivity contribution is -0.124. The van der Waals surface area contributed by atoms with Crippen molar-refractivity contribution < 1.29 is 4.79 Å². The molecule has 2 atom stereocenters. The predicted octanol–water partition coefficient (Wildman–Crippen LogP) is 1.49. The second-order valence-electron chi connectivity index (χ2n) is 6.66. The molecule has 0 radical (unpaired) electrons. The van der Waals surface area contributed by atoms with Gasteiger partial charge in [0.25, 0.3) is 0 Å². The van der Waals surface area contributed by atoms with Gasteiger partial charge in [0.2, 0.25) is 5.91 Å². The lowest BCUT2D eigenvalue weighted by Crippen LogP contribution is -2.48. The van der Waals surface area contributed by atoms with Crippen molar-refractivity contribution >= 4 is 11.6 Å². The zero-order valence-corrected chi connectivity index (χ0v) is 14.4. The van der Waals surface area contributed by atoms with E-state index in [1.54, 1.807) is 6.20 Å². The molecule has 0 bridgehead atoms. The van der Waals surface area contributed by atoms with E-state index < -0.39 is 0 Å². The maximum absolute atomic E-state index is 11.9. The van der Waals surface area contributed by atoms with Crippen molar-refractivity contribution in [1.82, 2.24) is 29.8 Å². The Balaban J connectivity index is 1.51. The van der Waals surface area contributed by atoms with Crippen LogP contribution >= 0.6 is 0 Å². The number of nitrogens with zero attached hydrogens (tertiary/aromatic N) is 4. The van der Waals surface area contributed by atoms with Gasteiger partial charge in [-0.1, -0.05) is 6.07 Å². The molecule has 1 saturated heterocycles. The van der Waals surface area contributed by atoms with Crippen LogP contribution in [0.2, 0.25) is 0 Å². The molecular weight excluding hydrogens is 316 g/mol. The van der Waals surface area contributed by atoms with E-state index in [1.165, 1.54) is 5.56 Å². The highest BCUT2D eigenvalue weighted by molar-refractivity contribution is 5.77. The number of piperidine rings is 1. The van der Waals surface area contributed by atoms with Gasteiger partial charge in [0.15, 0.2) is 0 Å². The van der Waals surface area contributed by atoms with Crippen molar-refractivity contribution in [2.24, 2.45) is 7.05 Å². The second-order valence-corrected chi connectivity index (χ2v) is 6.66. The van der Waals surface area contributed by atoms with Crippen LogP contribution in [0.15, 0.2) is 36.8 Å². The topological polar surface area (TPSA) is 76.2 Å². The summed E-state index contributed by atoms with van der Waals surface area (Å²) in [4.78, 5) is 16.5. The van der Waals surface area contributed by atoms with Gasteiger partial charge >= 0.3 is 0 Å². The van der Waals surface area contributed by atoms with Gasteiger partial charge in [-0.25, -0.2) is 4.98 Å². The number of hydrogen-bond donors (Lipinski definition) is 2. The van der Waals surface area contributed by atoms with Crippen molar-refractivity contribution in [3.8, 4) is 0 Å². The van der Waals surface area contributed by atoms with Crippen LogP contribution in [-0.4, -0.2) is 31.1 Å². The average Bonchev–Trinajstić information content (AvgIpc) is 3.18. The lowest BCUT2D eigenvalue weighted by atomic mass is 9.95. The van der Waals surface area contributed by atoms with E-state index >= 15 is 0 Å². The molecule has 7 heteroatoms. The van der Waals surface area contributed by atoms with E-state index in [4.69, 9.17) is 0 Å². The smallest absolute Gasteiger partial charge is 0.220 e. The SMILES string of the molecule is Cc1ccc2nc(CN[C@@H]3CCC(=O)N[C@H]3c3ccnn3C)cn2c1.